The van der Waals surface area contributed by atoms with Crippen molar-refractivity contribution in [2.24, 2.45) is 4.99 Å². The van der Waals surface area contributed by atoms with Gasteiger partial charge in [-0.05, 0) is 24.6 Å². The van der Waals surface area contributed by atoms with Crippen LogP contribution >= 0.6 is 11.6 Å². The molecular formula is C14H20ClF2N3O. The molecule has 0 bridgehead atoms. The number of guanidine groups is 1. The maximum absolute atomic E-state index is 12.4. The monoisotopic (exact) mass is 319 g/mol. The first-order valence-corrected chi connectivity index (χ1v) is 7.12. The van der Waals surface area contributed by atoms with E-state index in [0.717, 1.165) is 19.4 Å². The van der Waals surface area contributed by atoms with Crippen LogP contribution in [0.2, 0.25) is 5.02 Å². The third kappa shape index (κ3) is 6.62. The van der Waals surface area contributed by atoms with Gasteiger partial charge in [0.1, 0.15) is 5.75 Å². The van der Waals surface area contributed by atoms with Gasteiger partial charge in [-0.2, -0.15) is 8.78 Å². The van der Waals surface area contributed by atoms with Gasteiger partial charge in [-0.15, -0.1) is 0 Å². The highest BCUT2D eigenvalue weighted by atomic mass is 35.5. The van der Waals surface area contributed by atoms with Crippen molar-refractivity contribution in [2.45, 2.75) is 32.9 Å². The lowest BCUT2D eigenvalue weighted by molar-refractivity contribution is -0.0504. The van der Waals surface area contributed by atoms with Gasteiger partial charge in [0.25, 0.3) is 0 Å². The Morgan fingerprint density at radius 2 is 2.14 bits per heavy atom. The number of benzene rings is 1. The van der Waals surface area contributed by atoms with Gasteiger partial charge in [-0.25, -0.2) is 0 Å². The third-order valence-corrected chi connectivity index (χ3v) is 2.97. The van der Waals surface area contributed by atoms with E-state index < -0.39 is 6.61 Å². The van der Waals surface area contributed by atoms with Crippen LogP contribution in [0.4, 0.5) is 8.78 Å². The number of hydrogen-bond donors (Lipinski definition) is 2. The molecule has 0 saturated heterocycles. The van der Waals surface area contributed by atoms with E-state index in [4.69, 9.17) is 11.6 Å². The van der Waals surface area contributed by atoms with Crippen molar-refractivity contribution in [3.05, 3.63) is 28.8 Å². The molecular weight excluding hydrogens is 300 g/mol. The molecule has 0 radical (unpaired) electrons. The summed E-state index contributed by atoms with van der Waals surface area (Å²) in [6.45, 7) is 0.310. The van der Waals surface area contributed by atoms with Crippen LogP contribution in [-0.2, 0) is 6.54 Å². The second kappa shape index (κ2) is 9.39. The number of halogens is 3. The Bertz CT molecular complexity index is 470. The van der Waals surface area contributed by atoms with Crippen molar-refractivity contribution >= 4 is 17.6 Å². The van der Waals surface area contributed by atoms with Crippen LogP contribution in [-0.4, -0.2) is 26.2 Å². The quantitative estimate of drug-likeness (QED) is 0.460. The average Bonchev–Trinajstić information content (AvgIpc) is 2.44. The van der Waals surface area contributed by atoms with Crippen LogP contribution in [0, 0.1) is 0 Å². The molecule has 0 aliphatic carbocycles. The molecule has 1 rings (SSSR count). The van der Waals surface area contributed by atoms with E-state index in [-0.39, 0.29) is 12.3 Å². The standard InChI is InChI=1S/C14H20ClF2N3O/c1-3-4-7-19-14(18-2)20-9-10-8-11(15)5-6-12(10)21-13(16)17/h5-6,8,13H,3-4,7,9H2,1-2H3,(H2,18,19,20). The summed E-state index contributed by atoms with van der Waals surface area (Å²) in [6.07, 6.45) is 2.10. The van der Waals surface area contributed by atoms with Crippen LogP contribution in [0.5, 0.6) is 5.75 Å². The molecule has 4 nitrogen and oxygen atoms in total. The first-order valence-electron chi connectivity index (χ1n) is 6.74. The average molecular weight is 320 g/mol. The summed E-state index contributed by atoms with van der Waals surface area (Å²) in [5, 5.41) is 6.63. The van der Waals surface area contributed by atoms with Gasteiger partial charge in [-0.1, -0.05) is 24.9 Å². The predicted molar refractivity (Wildman–Crippen MR) is 81.2 cm³/mol. The largest absolute Gasteiger partial charge is 0.434 e. The summed E-state index contributed by atoms with van der Waals surface area (Å²) >= 11 is 5.89. The van der Waals surface area contributed by atoms with E-state index in [1.54, 1.807) is 13.1 Å². The molecule has 0 aliphatic rings. The van der Waals surface area contributed by atoms with E-state index in [1.165, 1.54) is 12.1 Å². The zero-order chi connectivity index (χ0) is 15.7. The van der Waals surface area contributed by atoms with E-state index in [0.29, 0.717) is 16.5 Å². The maximum Gasteiger partial charge on any atom is 0.387 e. The predicted octanol–water partition coefficient (Wildman–Crippen LogP) is 3.41. The summed E-state index contributed by atoms with van der Waals surface area (Å²) in [4.78, 5) is 4.06. The molecule has 21 heavy (non-hydrogen) atoms. The van der Waals surface area contributed by atoms with Gasteiger partial charge in [0.05, 0.1) is 0 Å². The zero-order valence-corrected chi connectivity index (χ0v) is 12.9. The summed E-state index contributed by atoms with van der Waals surface area (Å²) < 4.78 is 29.2. The Labute approximate surface area is 128 Å². The minimum absolute atomic E-state index is 0.103. The van der Waals surface area contributed by atoms with Crippen molar-refractivity contribution in [3.63, 3.8) is 0 Å². The lowest BCUT2D eigenvalue weighted by atomic mass is 10.2. The number of aliphatic imine (C=N–C) groups is 1. The second-order valence-electron chi connectivity index (χ2n) is 4.34. The Hall–Kier alpha value is -1.56. The Kier molecular flexibility index (Phi) is 7.82. The Morgan fingerprint density at radius 3 is 2.76 bits per heavy atom. The highest BCUT2D eigenvalue weighted by Gasteiger charge is 2.10. The molecule has 0 aliphatic heterocycles. The molecule has 118 valence electrons. The van der Waals surface area contributed by atoms with Crippen LogP contribution < -0.4 is 15.4 Å². The van der Waals surface area contributed by atoms with E-state index in [1.807, 2.05) is 0 Å². The highest BCUT2D eigenvalue weighted by Crippen LogP contribution is 2.24. The molecule has 0 unspecified atom stereocenters. The molecule has 2 N–H and O–H groups in total. The molecule has 0 amide bonds. The zero-order valence-electron chi connectivity index (χ0n) is 12.1. The number of nitrogens with zero attached hydrogens (tertiary/aromatic N) is 1. The Balaban J connectivity index is 2.66. The summed E-state index contributed by atoms with van der Waals surface area (Å²) in [6, 6.07) is 4.53. The second-order valence-corrected chi connectivity index (χ2v) is 4.77. The van der Waals surface area contributed by atoms with E-state index in [9.17, 15) is 8.78 Å². The summed E-state index contributed by atoms with van der Waals surface area (Å²) in [5.41, 5.74) is 0.543. The number of alkyl halides is 2. The van der Waals surface area contributed by atoms with Crippen LogP contribution in [0.25, 0.3) is 0 Å². The molecule has 1 aromatic rings. The molecule has 7 heteroatoms. The minimum atomic E-state index is -2.87. The lowest BCUT2D eigenvalue weighted by Crippen LogP contribution is -2.37. The summed E-state index contributed by atoms with van der Waals surface area (Å²) in [7, 11) is 1.65. The van der Waals surface area contributed by atoms with Crippen molar-refractivity contribution in [2.75, 3.05) is 13.6 Å². The molecule has 0 heterocycles. The minimum Gasteiger partial charge on any atom is -0.434 e. The van der Waals surface area contributed by atoms with E-state index in [2.05, 4.69) is 27.3 Å². The van der Waals surface area contributed by atoms with Crippen LogP contribution in [0.3, 0.4) is 0 Å². The number of ether oxygens (including phenoxy) is 1. The number of unbranched alkanes of at least 4 members (excludes halogenated alkanes) is 1. The van der Waals surface area contributed by atoms with Gasteiger partial charge in [0.2, 0.25) is 0 Å². The van der Waals surface area contributed by atoms with Crippen molar-refractivity contribution in [1.82, 2.24) is 10.6 Å². The highest BCUT2D eigenvalue weighted by molar-refractivity contribution is 6.30. The topological polar surface area (TPSA) is 45.7 Å². The molecule has 1 aromatic carbocycles. The third-order valence-electron chi connectivity index (χ3n) is 2.73. The number of hydrogen-bond acceptors (Lipinski definition) is 2. The fourth-order valence-electron chi connectivity index (χ4n) is 1.68. The number of nitrogens with one attached hydrogen (secondary N) is 2. The van der Waals surface area contributed by atoms with Gasteiger partial charge < -0.3 is 15.4 Å². The fraction of sp³-hybridized carbons (Fsp3) is 0.500. The van der Waals surface area contributed by atoms with Gasteiger partial charge >= 0.3 is 6.61 Å². The van der Waals surface area contributed by atoms with Crippen LogP contribution in [0.15, 0.2) is 23.2 Å². The smallest absolute Gasteiger partial charge is 0.387 e. The van der Waals surface area contributed by atoms with E-state index >= 15 is 0 Å². The fourth-order valence-corrected chi connectivity index (χ4v) is 1.87. The summed E-state index contributed by atoms with van der Waals surface area (Å²) in [5.74, 6) is 0.706. The number of rotatable bonds is 7. The van der Waals surface area contributed by atoms with Crippen molar-refractivity contribution < 1.29 is 13.5 Å². The molecule has 0 fully saturated rings. The molecule has 0 aromatic heterocycles. The first-order chi connectivity index (χ1) is 10.1. The molecule has 0 spiro atoms. The van der Waals surface area contributed by atoms with Crippen molar-refractivity contribution in [3.8, 4) is 5.75 Å². The Morgan fingerprint density at radius 1 is 1.38 bits per heavy atom. The van der Waals surface area contributed by atoms with Gasteiger partial charge in [-0.3, -0.25) is 4.99 Å². The first kappa shape index (κ1) is 17.5. The van der Waals surface area contributed by atoms with Crippen LogP contribution in [0.1, 0.15) is 25.3 Å². The van der Waals surface area contributed by atoms with Crippen molar-refractivity contribution in [1.29, 1.82) is 0 Å². The lowest BCUT2D eigenvalue weighted by Gasteiger charge is -2.14. The normalized spacial score (nSPS) is 11.6. The SMILES string of the molecule is CCCCNC(=NC)NCc1cc(Cl)ccc1OC(F)F. The van der Waals surface area contributed by atoms with Gasteiger partial charge in [0.15, 0.2) is 5.96 Å². The maximum atomic E-state index is 12.4. The molecule has 0 saturated carbocycles. The van der Waals surface area contributed by atoms with Gasteiger partial charge in [0, 0.05) is 30.7 Å². The molecule has 0 atom stereocenters.